The molecule has 0 saturated carbocycles. The van der Waals surface area contributed by atoms with Crippen molar-refractivity contribution in [3.63, 3.8) is 0 Å². The third-order valence-electron chi connectivity index (χ3n) is 2.70. The van der Waals surface area contributed by atoms with E-state index in [1.807, 2.05) is 24.3 Å². The van der Waals surface area contributed by atoms with E-state index in [4.69, 9.17) is 0 Å². The van der Waals surface area contributed by atoms with Crippen molar-refractivity contribution in [1.29, 1.82) is 0 Å². The monoisotopic (exact) mass is 248 g/mol. The Hall–Kier alpha value is -2.17. The van der Waals surface area contributed by atoms with Crippen molar-refractivity contribution < 1.29 is 13.2 Å². The molecule has 0 N–H and O–H groups in total. The molecule has 1 aromatic heterocycles. The van der Waals surface area contributed by atoms with Gasteiger partial charge in [0.25, 0.3) is 0 Å². The second-order valence-corrected chi connectivity index (χ2v) is 3.94. The number of halogens is 3. The second kappa shape index (κ2) is 3.66. The molecule has 3 rings (SSSR count). The second-order valence-electron chi connectivity index (χ2n) is 3.94. The lowest BCUT2D eigenvalue weighted by molar-refractivity contribution is -0.141. The first kappa shape index (κ1) is 11.0. The smallest absolute Gasteiger partial charge is 0.252 e. The van der Waals surface area contributed by atoms with Crippen molar-refractivity contribution in [2.45, 2.75) is 6.18 Å². The Morgan fingerprint density at radius 2 is 1.50 bits per heavy atom. The quantitative estimate of drug-likeness (QED) is 0.565. The number of rotatable bonds is 0. The molecular formula is C13H7F3N2. The van der Waals surface area contributed by atoms with Crippen molar-refractivity contribution in [1.82, 2.24) is 9.97 Å². The van der Waals surface area contributed by atoms with Crippen LogP contribution in [0.3, 0.4) is 0 Å². The van der Waals surface area contributed by atoms with E-state index in [0.717, 1.165) is 17.0 Å². The van der Waals surface area contributed by atoms with Gasteiger partial charge in [-0.2, -0.15) is 13.2 Å². The van der Waals surface area contributed by atoms with Crippen molar-refractivity contribution >= 4 is 21.8 Å². The van der Waals surface area contributed by atoms with E-state index < -0.39 is 11.9 Å². The van der Waals surface area contributed by atoms with Gasteiger partial charge in [0.05, 0.1) is 17.2 Å². The maximum absolute atomic E-state index is 12.5. The summed E-state index contributed by atoms with van der Waals surface area (Å²) in [5.41, 5.74) is -0.254. The highest BCUT2D eigenvalue weighted by Gasteiger charge is 2.33. The van der Waals surface area contributed by atoms with Crippen molar-refractivity contribution in [2.75, 3.05) is 0 Å². The summed E-state index contributed by atoms with van der Waals surface area (Å²) in [6, 6.07) is 10.8. The van der Waals surface area contributed by atoms with Crippen LogP contribution in [0.5, 0.6) is 0 Å². The Kier molecular flexibility index (Phi) is 2.23. The molecule has 0 bridgehead atoms. The highest BCUT2D eigenvalue weighted by molar-refractivity contribution is 5.94. The average Bonchev–Trinajstić information content (AvgIpc) is 2.34. The molecule has 0 saturated heterocycles. The lowest BCUT2D eigenvalue weighted by atomic mass is 10.1. The minimum atomic E-state index is -4.47. The molecule has 0 spiro atoms. The summed E-state index contributed by atoms with van der Waals surface area (Å²) in [5, 5.41) is 1.78. The first-order valence-corrected chi connectivity index (χ1v) is 5.27. The number of benzene rings is 2. The average molecular weight is 248 g/mol. The fourth-order valence-corrected chi connectivity index (χ4v) is 1.84. The Balaban J connectivity index is 2.31. The largest absolute Gasteiger partial charge is 0.434 e. The van der Waals surface area contributed by atoms with Crippen molar-refractivity contribution in [2.24, 2.45) is 0 Å². The highest BCUT2D eigenvalue weighted by Crippen LogP contribution is 2.29. The maximum atomic E-state index is 12.5. The van der Waals surface area contributed by atoms with Crippen LogP contribution in [0.4, 0.5) is 13.2 Å². The molecule has 0 unspecified atom stereocenters. The zero-order chi connectivity index (χ0) is 12.8. The first-order valence-electron chi connectivity index (χ1n) is 5.27. The van der Waals surface area contributed by atoms with E-state index in [1.54, 1.807) is 12.1 Å². The molecule has 90 valence electrons. The molecule has 0 amide bonds. The zero-order valence-corrected chi connectivity index (χ0v) is 9.07. The first-order chi connectivity index (χ1) is 8.54. The summed E-state index contributed by atoms with van der Waals surface area (Å²) in [6.45, 7) is 0. The Morgan fingerprint density at radius 1 is 0.889 bits per heavy atom. The van der Waals surface area contributed by atoms with Gasteiger partial charge in [0.1, 0.15) is 0 Å². The van der Waals surface area contributed by atoms with Gasteiger partial charge < -0.3 is 0 Å². The summed E-state index contributed by atoms with van der Waals surface area (Å²) in [4.78, 5) is 7.42. The Morgan fingerprint density at radius 3 is 2.11 bits per heavy atom. The summed E-state index contributed by atoms with van der Waals surface area (Å²) in [6.07, 6.45) is -3.70. The molecule has 0 atom stereocenters. The van der Waals surface area contributed by atoms with Crippen LogP contribution in [-0.4, -0.2) is 9.97 Å². The lowest BCUT2D eigenvalue weighted by Crippen LogP contribution is -2.08. The van der Waals surface area contributed by atoms with Gasteiger partial charge in [0.15, 0.2) is 5.69 Å². The fraction of sp³-hybridized carbons (Fsp3) is 0.0769. The van der Waals surface area contributed by atoms with E-state index >= 15 is 0 Å². The number of alkyl halides is 3. The van der Waals surface area contributed by atoms with Gasteiger partial charge in [0, 0.05) is 0 Å². The van der Waals surface area contributed by atoms with Gasteiger partial charge in [-0.25, -0.2) is 4.98 Å². The summed E-state index contributed by atoms with van der Waals surface area (Å²) < 4.78 is 37.6. The molecule has 5 heteroatoms. The van der Waals surface area contributed by atoms with Crippen LogP contribution in [0.2, 0.25) is 0 Å². The van der Waals surface area contributed by atoms with Crippen LogP contribution in [0.15, 0.2) is 42.6 Å². The van der Waals surface area contributed by atoms with Crippen molar-refractivity contribution in [3.8, 4) is 0 Å². The van der Waals surface area contributed by atoms with Crippen molar-refractivity contribution in [3.05, 3.63) is 48.3 Å². The molecule has 2 aromatic carbocycles. The molecule has 0 fully saturated rings. The van der Waals surface area contributed by atoms with E-state index in [0.29, 0.717) is 5.52 Å². The molecule has 0 aliphatic rings. The number of hydrogen-bond acceptors (Lipinski definition) is 2. The molecule has 0 aliphatic carbocycles. The minimum Gasteiger partial charge on any atom is -0.252 e. The van der Waals surface area contributed by atoms with Crippen LogP contribution in [0.1, 0.15) is 5.69 Å². The summed E-state index contributed by atoms with van der Waals surface area (Å²) >= 11 is 0. The Bertz CT molecular complexity index is 735. The summed E-state index contributed by atoms with van der Waals surface area (Å²) in [5.74, 6) is 0. The number of nitrogens with zero attached hydrogens (tertiary/aromatic N) is 2. The molecule has 0 aliphatic heterocycles. The van der Waals surface area contributed by atoms with Crippen LogP contribution in [0, 0.1) is 0 Å². The summed E-state index contributed by atoms with van der Waals surface area (Å²) in [7, 11) is 0. The molecule has 2 nitrogen and oxygen atoms in total. The van der Waals surface area contributed by atoms with Crippen LogP contribution >= 0.6 is 0 Å². The maximum Gasteiger partial charge on any atom is 0.434 e. The number of aromatic nitrogens is 2. The third kappa shape index (κ3) is 1.77. The van der Waals surface area contributed by atoms with Gasteiger partial charge in [-0.15, -0.1) is 0 Å². The number of fused-ring (bicyclic) bond motifs is 2. The molecule has 18 heavy (non-hydrogen) atoms. The van der Waals surface area contributed by atoms with E-state index in [1.165, 1.54) is 0 Å². The SMILES string of the molecule is FC(F)(F)c1cnc2cc3ccccc3cc2n1. The standard InChI is InChI=1S/C13H7F3N2/c14-13(15,16)12-7-17-10-5-8-3-1-2-4-9(8)6-11(10)18-12/h1-7H. The van der Waals surface area contributed by atoms with Gasteiger partial charge in [-0.05, 0) is 22.9 Å². The zero-order valence-electron chi connectivity index (χ0n) is 9.07. The van der Waals surface area contributed by atoms with Crippen LogP contribution < -0.4 is 0 Å². The van der Waals surface area contributed by atoms with Gasteiger partial charge >= 0.3 is 6.18 Å². The van der Waals surface area contributed by atoms with E-state index in [-0.39, 0.29) is 5.52 Å². The predicted molar refractivity (Wildman–Crippen MR) is 62.0 cm³/mol. The number of hydrogen-bond donors (Lipinski definition) is 0. The molecule has 0 radical (unpaired) electrons. The topological polar surface area (TPSA) is 25.8 Å². The Labute approximate surface area is 100 Å². The third-order valence-corrected chi connectivity index (χ3v) is 2.70. The van der Waals surface area contributed by atoms with E-state index in [2.05, 4.69) is 9.97 Å². The van der Waals surface area contributed by atoms with Gasteiger partial charge in [0.2, 0.25) is 0 Å². The van der Waals surface area contributed by atoms with Crippen LogP contribution in [-0.2, 0) is 6.18 Å². The fourth-order valence-electron chi connectivity index (χ4n) is 1.84. The normalized spacial score (nSPS) is 12.2. The van der Waals surface area contributed by atoms with Gasteiger partial charge in [-0.1, -0.05) is 24.3 Å². The molecular weight excluding hydrogens is 241 g/mol. The highest BCUT2D eigenvalue weighted by atomic mass is 19.4. The van der Waals surface area contributed by atoms with E-state index in [9.17, 15) is 13.2 Å². The molecule has 3 aromatic rings. The predicted octanol–water partition coefficient (Wildman–Crippen LogP) is 3.80. The van der Waals surface area contributed by atoms with Gasteiger partial charge in [-0.3, -0.25) is 4.98 Å². The molecule has 1 heterocycles. The van der Waals surface area contributed by atoms with Crippen LogP contribution in [0.25, 0.3) is 21.8 Å². The lowest BCUT2D eigenvalue weighted by Gasteiger charge is -2.06. The minimum absolute atomic E-state index is 0.253.